The van der Waals surface area contributed by atoms with Gasteiger partial charge in [0.25, 0.3) is 5.91 Å². The quantitative estimate of drug-likeness (QED) is 0.487. The van der Waals surface area contributed by atoms with Crippen molar-refractivity contribution in [2.24, 2.45) is 4.99 Å². The number of nitrogens with zero attached hydrogens (tertiary/aromatic N) is 2. The molecule has 3 aromatic rings. The average Bonchev–Trinajstić information content (AvgIpc) is 2.96. The van der Waals surface area contributed by atoms with Crippen molar-refractivity contribution in [1.82, 2.24) is 4.57 Å². The number of carbonyl (C=O) groups is 1. The molecule has 1 amide bonds. The first kappa shape index (κ1) is 19.5. The SMILES string of the molecule is CCSc1ccc(C(=O)N=c2sc3cc(Cl)ccc3n2CCSC)cc1. The number of amides is 1. The number of aryl methyl sites for hydroxylation is 1. The van der Waals surface area contributed by atoms with E-state index < -0.39 is 0 Å². The van der Waals surface area contributed by atoms with E-state index in [2.05, 4.69) is 22.7 Å². The molecule has 1 aromatic heterocycles. The standard InChI is InChI=1S/C19H19ClN2OS3/c1-3-25-15-7-4-13(5-8-15)18(23)21-19-22(10-11-24-2)16-9-6-14(20)12-17(16)26-19/h4-9,12H,3,10-11H2,1-2H3. The zero-order chi connectivity index (χ0) is 18.5. The summed E-state index contributed by atoms with van der Waals surface area (Å²) in [6.07, 6.45) is 2.07. The second-order valence-electron chi connectivity index (χ2n) is 5.52. The van der Waals surface area contributed by atoms with E-state index in [0.29, 0.717) is 15.4 Å². The maximum Gasteiger partial charge on any atom is 0.279 e. The molecule has 0 spiro atoms. The van der Waals surface area contributed by atoms with E-state index in [4.69, 9.17) is 11.6 Å². The number of thioether (sulfide) groups is 2. The summed E-state index contributed by atoms with van der Waals surface area (Å²) in [6.45, 7) is 2.92. The lowest BCUT2D eigenvalue weighted by molar-refractivity contribution is 0.0998. The number of carbonyl (C=O) groups excluding carboxylic acids is 1. The first-order valence-electron chi connectivity index (χ1n) is 8.22. The molecule has 26 heavy (non-hydrogen) atoms. The van der Waals surface area contributed by atoms with E-state index in [1.54, 1.807) is 23.5 Å². The normalized spacial score (nSPS) is 12.0. The number of fused-ring (bicyclic) bond motifs is 1. The Morgan fingerprint density at radius 1 is 1.23 bits per heavy atom. The Kier molecular flexibility index (Phi) is 6.86. The molecule has 0 radical (unpaired) electrons. The van der Waals surface area contributed by atoms with Crippen LogP contribution in [0.1, 0.15) is 17.3 Å². The Morgan fingerprint density at radius 2 is 2.00 bits per heavy atom. The molecule has 0 bridgehead atoms. The molecule has 136 valence electrons. The molecular formula is C19H19ClN2OS3. The van der Waals surface area contributed by atoms with Gasteiger partial charge in [0.15, 0.2) is 4.80 Å². The van der Waals surface area contributed by atoms with Crippen LogP contribution < -0.4 is 4.80 Å². The maximum atomic E-state index is 12.6. The summed E-state index contributed by atoms with van der Waals surface area (Å²) in [4.78, 5) is 18.9. The molecule has 2 aromatic carbocycles. The highest BCUT2D eigenvalue weighted by Gasteiger charge is 2.10. The average molecular weight is 423 g/mol. The summed E-state index contributed by atoms with van der Waals surface area (Å²) in [5, 5.41) is 0.692. The van der Waals surface area contributed by atoms with Crippen molar-refractivity contribution >= 4 is 62.6 Å². The molecule has 0 fully saturated rings. The molecule has 0 aliphatic carbocycles. The van der Waals surface area contributed by atoms with Gasteiger partial charge >= 0.3 is 0 Å². The van der Waals surface area contributed by atoms with E-state index in [1.807, 2.05) is 42.5 Å². The molecule has 0 unspecified atom stereocenters. The Labute approximate surface area is 170 Å². The van der Waals surface area contributed by atoms with Crippen LogP contribution in [0.15, 0.2) is 52.4 Å². The van der Waals surface area contributed by atoms with E-state index in [0.717, 1.165) is 33.2 Å². The van der Waals surface area contributed by atoms with Crippen LogP contribution in [0, 0.1) is 0 Å². The zero-order valence-corrected chi connectivity index (χ0v) is 17.8. The van der Waals surface area contributed by atoms with Crippen LogP contribution in [0.25, 0.3) is 10.2 Å². The summed E-state index contributed by atoms with van der Waals surface area (Å²) in [5.41, 5.74) is 1.67. The third-order valence-corrected chi connectivity index (χ3v) is 6.53. The van der Waals surface area contributed by atoms with Gasteiger partial charge in [-0.1, -0.05) is 29.9 Å². The van der Waals surface area contributed by atoms with Gasteiger partial charge < -0.3 is 4.57 Å². The van der Waals surface area contributed by atoms with Crippen molar-refractivity contribution in [2.45, 2.75) is 18.4 Å². The van der Waals surface area contributed by atoms with E-state index in [-0.39, 0.29) is 5.91 Å². The minimum absolute atomic E-state index is 0.214. The molecule has 7 heteroatoms. The topological polar surface area (TPSA) is 34.4 Å². The molecule has 0 aliphatic heterocycles. The van der Waals surface area contributed by atoms with Crippen molar-refractivity contribution in [1.29, 1.82) is 0 Å². The van der Waals surface area contributed by atoms with Crippen molar-refractivity contribution in [2.75, 3.05) is 17.8 Å². The lowest BCUT2D eigenvalue weighted by Crippen LogP contribution is -2.18. The van der Waals surface area contributed by atoms with Gasteiger partial charge in [-0.2, -0.15) is 16.8 Å². The summed E-state index contributed by atoms with van der Waals surface area (Å²) in [5.74, 6) is 1.75. The fourth-order valence-corrected chi connectivity index (χ4v) is 4.90. The number of aromatic nitrogens is 1. The smallest absolute Gasteiger partial charge is 0.279 e. The third kappa shape index (κ3) is 4.55. The fraction of sp³-hybridized carbons (Fsp3) is 0.263. The molecule has 0 saturated carbocycles. The van der Waals surface area contributed by atoms with Gasteiger partial charge in [-0.05, 0) is 54.5 Å². The van der Waals surface area contributed by atoms with Crippen LogP contribution in [-0.2, 0) is 6.54 Å². The molecule has 1 heterocycles. The number of rotatable bonds is 6. The number of hydrogen-bond acceptors (Lipinski definition) is 4. The van der Waals surface area contributed by atoms with Crippen LogP contribution in [0.5, 0.6) is 0 Å². The van der Waals surface area contributed by atoms with Gasteiger partial charge in [0.2, 0.25) is 0 Å². The van der Waals surface area contributed by atoms with Crippen molar-refractivity contribution < 1.29 is 4.79 Å². The number of thiazole rings is 1. The van der Waals surface area contributed by atoms with Gasteiger partial charge in [0.05, 0.1) is 10.2 Å². The van der Waals surface area contributed by atoms with E-state index in [1.165, 1.54) is 11.3 Å². The highest BCUT2D eigenvalue weighted by atomic mass is 35.5. The predicted octanol–water partition coefficient (Wildman–Crippen LogP) is 5.57. The Balaban J connectivity index is 2.00. The summed E-state index contributed by atoms with van der Waals surface area (Å²) in [6, 6.07) is 13.4. The molecule has 0 saturated heterocycles. The molecular weight excluding hydrogens is 404 g/mol. The molecule has 0 atom stereocenters. The first-order chi connectivity index (χ1) is 12.6. The highest BCUT2D eigenvalue weighted by Crippen LogP contribution is 2.22. The largest absolute Gasteiger partial charge is 0.316 e. The Hall–Kier alpha value is -1.21. The van der Waals surface area contributed by atoms with Gasteiger partial charge in [-0.3, -0.25) is 4.79 Å². The Morgan fingerprint density at radius 3 is 2.69 bits per heavy atom. The fourth-order valence-electron chi connectivity index (χ4n) is 2.54. The summed E-state index contributed by atoms with van der Waals surface area (Å²) < 4.78 is 3.14. The predicted molar refractivity (Wildman–Crippen MR) is 116 cm³/mol. The molecule has 0 aliphatic rings. The van der Waals surface area contributed by atoms with Crippen molar-refractivity contribution in [3.05, 3.63) is 57.9 Å². The summed E-state index contributed by atoms with van der Waals surface area (Å²) in [7, 11) is 0. The molecule has 0 N–H and O–H groups in total. The van der Waals surface area contributed by atoms with E-state index in [9.17, 15) is 4.79 Å². The molecule has 3 nitrogen and oxygen atoms in total. The zero-order valence-electron chi connectivity index (χ0n) is 14.6. The van der Waals surface area contributed by atoms with Crippen LogP contribution in [0.3, 0.4) is 0 Å². The van der Waals surface area contributed by atoms with Crippen molar-refractivity contribution in [3.8, 4) is 0 Å². The van der Waals surface area contributed by atoms with Crippen LogP contribution in [0.4, 0.5) is 0 Å². The lowest BCUT2D eigenvalue weighted by Gasteiger charge is -2.04. The van der Waals surface area contributed by atoms with Gasteiger partial charge in [-0.25, -0.2) is 0 Å². The number of benzene rings is 2. The highest BCUT2D eigenvalue weighted by molar-refractivity contribution is 7.99. The van der Waals surface area contributed by atoms with Crippen LogP contribution in [-0.4, -0.2) is 28.2 Å². The minimum Gasteiger partial charge on any atom is -0.316 e. The summed E-state index contributed by atoms with van der Waals surface area (Å²) >= 11 is 11.1. The number of halogens is 1. The maximum absolute atomic E-state index is 12.6. The van der Waals surface area contributed by atoms with Gasteiger partial charge in [0.1, 0.15) is 0 Å². The number of hydrogen-bond donors (Lipinski definition) is 0. The first-order valence-corrected chi connectivity index (χ1v) is 11.8. The Bertz CT molecular complexity index is 977. The third-order valence-electron chi connectivity index (χ3n) is 3.77. The second kappa shape index (κ2) is 9.13. The second-order valence-corrected chi connectivity index (χ2v) is 9.28. The van der Waals surface area contributed by atoms with Crippen LogP contribution in [0.2, 0.25) is 5.02 Å². The van der Waals surface area contributed by atoms with Crippen LogP contribution >= 0.6 is 46.5 Å². The molecule has 3 rings (SSSR count). The lowest BCUT2D eigenvalue weighted by atomic mass is 10.2. The van der Waals surface area contributed by atoms with Gasteiger partial charge in [0, 0.05) is 27.8 Å². The minimum atomic E-state index is -0.214. The monoisotopic (exact) mass is 422 g/mol. The van der Waals surface area contributed by atoms with Crippen molar-refractivity contribution in [3.63, 3.8) is 0 Å². The van der Waals surface area contributed by atoms with E-state index >= 15 is 0 Å². The van der Waals surface area contributed by atoms with Gasteiger partial charge in [-0.15, -0.1) is 11.8 Å².